The first kappa shape index (κ1) is 18.0. The Morgan fingerprint density at radius 1 is 1.11 bits per heavy atom. The first-order chi connectivity index (χ1) is 13.2. The second kappa shape index (κ2) is 8.09. The minimum atomic E-state index is -0.0607. The molecule has 27 heavy (non-hydrogen) atoms. The van der Waals surface area contributed by atoms with Crippen LogP contribution in [0.25, 0.3) is 0 Å². The van der Waals surface area contributed by atoms with Crippen LogP contribution in [-0.4, -0.2) is 41.5 Å². The standard InChI is InChI=1S/C22H28N4O/c1-17(25-12-4-5-13-25)22(27)24-15-19-9-6-11-23-21(19)26-14-10-18-7-2-3-8-20(18)16-26/h2-3,6-9,11,17H,4-5,10,12-16H2,1H3,(H,24,27)/t17-/m0/s1. The van der Waals surface area contributed by atoms with Crippen molar-refractivity contribution in [2.75, 3.05) is 24.5 Å². The van der Waals surface area contributed by atoms with Crippen LogP contribution in [0.2, 0.25) is 0 Å². The number of nitrogens with zero attached hydrogens (tertiary/aromatic N) is 3. The summed E-state index contributed by atoms with van der Waals surface area (Å²) in [6.45, 7) is 6.42. The van der Waals surface area contributed by atoms with E-state index in [4.69, 9.17) is 0 Å². The molecule has 5 heteroatoms. The smallest absolute Gasteiger partial charge is 0.237 e. The van der Waals surface area contributed by atoms with Crippen molar-refractivity contribution < 1.29 is 4.79 Å². The summed E-state index contributed by atoms with van der Waals surface area (Å²) in [4.78, 5) is 21.8. The highest BCUT2D eigenvalue weighted by molar-refractivity contribution is 5.81. The molecule has 2 aliphatic rings. The number of pyridine rings is 1. The van der Waals surface area contributed by atoms with Crippen molar-refractivity contribution in [3.63, 3.8) is 0 Å². The number of benzene rings is 1. The zero-order chi connectivity index (χ0) is 18.6. The molecule has 142 valence electrons. The first-order valence-corrected chi connectivity index (χ1v) is 10.00. The molecule has 0 bridgehead atoms. The van der Waals surface area contributed by atoms with Gasteiger partial charge in [0.2, 0.25) is 5.91 Å². The first-order valence-electron chi connectivity index (χ1n) is 10.00. The van der Waals surface area contributed by atoms with E-state index in [2.05, 4.69) is 50.4 Å². The second-order valence-electron chi connectivity index (χ2n) is 7.56. The number of carbonyl (C=O) groups excluding carboxylic acids is 1. The topological polar surface area (TPSA) is 48.5 Å². The Morgan fingerprint density at radius 2 is 1.89 bits per heavy atom. The van der Waals surface area contributed by atoms with Crippen molar-refractivity contribution in [2.45, 2.75) is 45.3 Å². The van der Waals surface area contributed by atoms with E-state index in [1.54, 1.807) is 0 Å². The summed E-state index contributed by atoms with van der Waals surface area (Å²) in [5, 5.41) is 3.13. The number of hydrogen-bond acceptors (Lipinski definition) is 4. The summed E-state index contributed by atoms with van der Waals surface area (Å²) in [6.07, 6.45) is 5.26. The molecule has 2 aliphatic heterocycles. The van der Waals surface area contributed by atoms with Crippen LogP contribution >= 0.6 is 0 Å². The molecular weight excluding hydrogens is 336 g/mol. The van der Waals surface area contributed by atoms with Crippen molar-refractivity contribution in [1.29, 1.82) is 0 Å². The maximum absolute atomic E-state index is 12.6. The molecule has 1 saturated heterocycles. The van der Waals surface area contributed by atoms with E-state index in [1.807, 2.05) is 19.2 Å². The monoisotopic (exact) mass is 364 g/mol. The number of likely N-dealkylation sites (tertiary alicyclic amines) is 1. The summed E-state index contributed by atoms with van der Waals surface area (Å²) in [7, 11) is 0. The van der Waals surface area contributed by atoms with Gasteiger partial charge in [0.15, 0.2) is 0 Å². The van der Waals surface area contributed by atoms with Crippen molar-refractivity contribution in [3.05, 3.63) is 59.3 Å². The lowest BCUT2D eigenvalue weighted by Crippen LogP contribution is -2.43. The Kier molecular flexibility index (Phi) is 5.39. The van der Waals surface area contributed by atoms with Gasteiger partial charge in [0.25, 0.3) is 0 Å². The van der Waals surface area contributed by atoms with Gasteiger partial charge in [-0.3, -0.25) is 9.69 Å². The highest BCUT2D eigenvalue weighted by Gasteiger charge is 2.24. The van der Waals surface area contributed by atoms with E-state index >= 15 is 0 Å². The molecular formula is C22H28N4O. The van der Waals surface area contributed by atoms with Gasteiger partial charge >= 0.3 is 0 Å². The average molecular weight is 364 g/mol. The predicted molar refractivity (Wildman–Crippen MR) is 108 cm³/mol. The van der Waals surface area contributed by atoms with Crippen molar-refractivity contribution in [3.8, 4) is 0 Å². The van der Waals surface area contributed by atoms with Crippen LogP contribution in [0.1, 0.15) is 36.5 Å². The number of nitrogens with one attached hydrogen (secondary N) is 1. The number of fused-ring (bicyclic) bond motifs is 1. The molecule has 1 N–H and O–H groups in total. The molecule has 0 radical (unpaired) electrons. The van der Waals surface area contributed by atoms with Crippen molar-refractivity contribution >= 4 is 11.7 Å². The lowest BCUT2D eigenvalue weighted by Gasteiger charge is -2.31. The van der Waals surface area contributed by atoms with Crippen LogP contribution in [-0.2, 0) is 24.3 Å². The van der Waals surface area contributed by atoms with E-state index in [9.17, 15) is 4.79 Å². The zero-order valence-corrected chi connectivity index (χ0v) is 16.0. The van der Waals surface area contributed by atoms with Crippen molar-refractivity contribution in [1.82, 2.24) is 15.2 Å². The van der Waals surface area contributed by atoms with Crippen LogP contribution in [0.3, 0.4) is 0 Å². The van der Waals surface area contributed by atoms with E-state index in [0.29, 0.717) is 6.54 Å². The highest BCUT2D eigenvalue weighted by atomic mass is 16.2. The number of hydrogen-bond donors (Lipinski definition) is 1. The summed E-state index contributed by atoms with van der Waals surface area (Å²) in [5.74, 6) is 1.09. The maximum Gasteiger partial charge on any atom is 0.237 e. The summed E-state index contributed by atoms with van der Waals surface area (Å²) in [5.41, 5.74) is 3.88. The Bertz CT molecular complexity index is 800. The minimum absolute atomic E-state index is 0.0607. The third-order valence-corrected chi connectivity index (χ3v) is 5.82. The van der Waals surface area contributed by atoms with E-state index < -0.39 is 0 Å². The van der Waals surface area contributed by atoms with Crippen LogP contribution in [0.15, 0.2) is 42.6 Å². The van der Waals surface area contributed by atoms with Gasteiger partial charge in [0, 0.05) is 31.4 Å². The molecule has 5 nitrogen and oxygen atoms in total. The van der Waals surface area contributed by atoms with Gasteiger partial charge in [-0.05, 0) is 56.5 Å². The summed E-state index contributed by atoms with van der Waals surface area (Å²) < 4.78 is 0. The number of rotatable bonds is 5. The molecule has 1 atom stereocenters. The van der Waals surface area contributed by atoms with E-state index in [-0.39, 0.29) is 11.9 Å². The van der Waals surface area contributed by atoms with Gasteiger partial charge in [-0.1, -0.05) is 30.3 Å². The lowest BCUT2D eigenvalue weighted by molar-refractivity contribution is -0.125. The van der Waals surface area contributed by atoms with Crippen LogP contribution in [0, 0.1) is 0 Å². The maximum atomic E-state index is 12.6. The van der Waals surface area contributed by atoms with Crippen molar-refractivity contribution in [2.24, 2.45) is 0 Å². The van der Waals surface area contributed by atoms with Gasteiger partial charge in [0.1, 0.15) is 5.82 Å². The van der Waals surface area contributed by atoms with E-state index in [1.165, 1.54) is 24.0 Å². The van der Waals surface area contributed by atoms with E-state index in [0.717, 1.165) is 44.0 Å². The Morgan fingerprint density at radius 3 is 2.70 bits per heavy atom. The quantitative estimate of drug-likeness (QED) is 0.886. The Hall–Kier alpha value is -2.40. The molecule has 1 aromatic carbocycles. The van der Waals surface area contributed by atoms with Crippen LogP contribution < -0.4 is 10.2 Å². The fraction of sp³-hybridized carbons (Fsp3) is 0.455. The Balaban J connectivity index is 1.43. The normalized spacial score (nSPS) is 18.2. The van der Waals surface area contributed by atoms with Gasteiger partial charge in [0.05, 0.1) is 6.04 Å². The molecule has 1 aromatic heterocycles. The van der Waals surface area contributed by atoms with Crippen LogP contribution in [0.5, 0.6) is 0 Å². The zero-order valence-electron chi connectivity index (χ0n) is 16.0. The van der Waals surface area contributed by atoms with Gasteiger partial charge in [-0.15, -0.1) is 0 Å². The molecule has 1 fully saturated rings. The SMILES string of the molecule is C[C@@H](C(=O)NCc1cccnc1N1CCc2ccccc2C1)N1CCCC1. The van der Waals surface area contributed by atoms with Crippen LogP contribution in [0.4, 0.5) is 5.82 Å². The number of amides is 1. The molecule has 0 unspecified atom stereocenters. The fourth-order valence-electron chi connectivity index (χ4n) is 4.15. The third-order valence-electron chi connectivity index (χ3n) is 5.82. The largest absolute Gasteiger partial charge is 0.352 e. The molecule has 0 aliphatic carbocycles. The summed E-state index contributed by atoms with van der Waals surface area (Å²) >= 11 is 0. The van der Waals surface area contributed by atoms with Gasteiger partial charge < -0.3 is 10.2 Å². The number of aromatic nitrogens is 1. The molecule has 4 rings (SSSR count). The van der Waals surface area contributed by atoms with Gasteiger partial charge in [-0.2, -0.15) is 0 Å². The van der Waals surface area contributed by atoms with Gasteiger partial charge in [-0.25, -0.2) is 4.98 Å². The Labute approximate surface area is 161 Å². The molecule has 0 saturated carbocycles. The fourth-order valence-corrected chi connectivity index (χ4v) is 4.15. The predicted octanol–water partition coefficient (Wildman–Crippen LogP) is 2.74. The average Bonchev–Trinajstić information content (AvgIpc) is 3.26. The number of anilines is 1. The number of carbonyl (C=O) groups is 1. The summed E-state index contributed by atoms with van der Waals surface area (Å²) in [6, 6.07) is 12.6. The highest BCUT2D eigenvalue weighted by Crippen LogP contribution is 2.25. The molecule has 3 heterocycles. The minimum Gasteiger partial charge on any atom is -0.352 e. The molecule has 2 aromatic rings. The third kappa shape index (κ3) is 3.98. The molecule has 0 spiro atoms. The lowest BCUT2D eigenvalue weighted by atomic mass is 9.99. The molecule has 1 amide bonds. The second-order valence-corrected chi connectivity index (χ2v) is 7.56.